The number of benzene rings is 3. The van der Waals surface area contributed by atoms with Crippen molar-refractivity contribution >= 4 is 34.9 Å². The molecule has 0 amide bonds. The average Bonchev–Trinajstić information content (AvgIpc) is 3.27. The van der Waals surface area contributed by atoms with E-state index < -0.39 is 17.9 Å². The topological polar surface area (TPSA) is 83.8 Å². The third-order valence-corrected chi connectivity index (χ3v) is 6.12. The molecule has 7 nitrogen and oxygen atoms in total. The lowest BCUT2D eigenvalue weighted by molar-refractivity contribution is -0.146. The number of hydrogen-bond acceptors (Lipinski definition) is 6. The summed E-state index contributed by atoms with van der Waals surface area (Å²) in [7, 11) is 0. The van der Waals surface area contributed by atoms with E-state index >= 15 is 0 Å². The maximum atomic E-state index is 13.3. The summed E-state index contributed by atoms with van der Waals surface area (Å²) >= 11 is 0. The Hall–Kier alpha value is -4.65. The second-order valence-electron chi connectivity index (χ2n) is 8.65. The van der Waals surface area contributed by atoms with E-state index in [2.05, 4.69) is 0 Å². The number of carbonyl (C=O) groups is 3. The Labute approximate surface area is 227 Å². The molecule has 4 rings (SSSR count). The van der Waals surface area contributed by atoms with Gasteiger partial charge >= 0.3 is 17.9 Å². The van der Waals surface area contributed by atoms with Crippen LogP contribution in [-0.2, 0) is 30.3 Å². The lowest BCUT2D eigenvalue weighted by Crippen LogP contribution is -2.18. The predicted octanol–water partition coefficient (Wildman–Crippen LogP) is 6.04. The molecule has 39 heavy (non-hydrogen) atoms. The Morgan fingerprint density at radius 3 is 1.92 bits per heavy atom. The molecule has 0 atom stereocenters. The number of rotatable bonds is 10. The Balaban J connectivity index is 1.83. The van der Waals surface area contributed by atoms with Crippen LogP contribution in [0.3, 0.4) is 0 Å². The highest BCUT2D eigenvalue weighted by Crippen LogP contribution is 2.36. The van der Waals surface area contributed by atoms with E-state index in [4.69, 9.17) is 14.2 Å². The van der Waals surface area contributed by atoms with Crippen molar-refractivity contribution in [1.82, 2.24) is 4.57 Å². The van der Waals surface area contributed by atoms with E-state index in [1.807, 2.05) is 71.3 Å². The minimum atomic E-state index is -0.742. The van der Waals surface area contributed by atoms with Crippen LogP contribution in [0.1, 0.15) is 42.4 Å². The second-order valence-corrected chi connectivity index (χ2v) is 8.65. The zero-order chi connectivity index (χ0) is 27.8. The molecule has 0 unspecified atom stereocenters. The van der Waals surface area contributed by atoms with Crippen LogP contribution in [0.15, 0.2) is 84.4 Å². The first-order valence-corrected chi connectivity index (χ1v) is 13.0. The smallest absolute Gasteiger partial charge is 0.355 e. The van der Waals surface area contributed by atoms with Gasteiger partial charge in [0.15, 0.2) is 0 Å². The van der Waals surface area contributed by atoms with Crippen molar-refractivity contribution in [3.63, 3.8) is 0 Å². The highest BCUT2D eigenvalue weighted by atomic mass is 16.6. The molecule has 3 aromatic carbocycles. The fraction of sp³-hybridized carbons (Fsp3) is 0.219. The van der Waals surface area contributed by atoms with Gasteiger partial charge in [-0.1, -0.05) is 72.8 Å². The van der Waals surface area contributed by atoms with Gasteiger partial charge in [0.05, 0.1) is 19.8 Å². The largest absolute Gasteiger partial charge is 0.462 e. The molecule has 1 aromatic heterocycles. The van der Waals surface area contributed by atoms with Crippen molar-refractivity contribution in [3.05, 3.63) is 101 Å². The molecule has 0 N–H and O–H groups in total. The fourth-order valence-corrected chi connectivity index (χ4v) is 4.47. The predicted molar refractivity (Wildman–Crippen MR) is 150 cm³/mol. The molecule has 0 bridgehead atoms. The zero-order valence-corrected chi connectivity index (χ0v) is 22.3. The molecule has 200 valence electrons. The van der Waals surface area contributed by atoms with E-state index in [1.165, 1.54) is 6.08 Å². The molecular formula is C32H31NO6. The van der Waals surface area contributed by atoms with Gasteiger partial charge in [-0.3, -0.25) is 0 Å². The molecule has 0 aliphatic heterocycles. The number of nitrogens with zero attached hydrogens (tertiary/aromatic N) is 1. The maximum absolute atomic E-state index is 13.3. The number of aromatic nitrogens is 1. The van der Waals surface area contributed by atoms with E-state index in [9.17, 15) is 14.4 Å². The summed E-state index contributed by atoms with van der Waals surface area (Å²) in [5.41, 5.74) is 4.41. The SMILES string of the molecule is CCOC(=O)C(=Cc1ccc(-c2c(C(=O)OCC)n(Cc3ccccc3)c3ccccc23)cc1)C(=O)OCC. The summed E-state index contributed by atoms with van der Waals surface area (Å²) < 4.78 is 17.6. The van der Waals surface area contributed by atoms with Crippen molar-refractivity contribution in [2.75, 3.05) is 19.8 Å². The van der Waals surface area contributed by atoms with Crippen LogP contribution in [0.25, 0.3) is 28.1 Å². The van der Waals surface area contributed by atoms with Crippen LogP contribution in [0.5, 0.6) is 0 Å². The van der Waals surface area contributed by atoms with Gasteiger partial charge in [-0.25, -0.2) is 14.4 Å². The second kappa shape index (κ2) is 12.7. The summed E-state index contributed by atoms with van der Waals surface area (Å²) in [6, 6.07) is 25.1. The van der Waals surface area contributed by atoms with Gasteiger partial charge in [0.2, 0.25) is 0 Å². The quantitative estimate of drug-likeness (QED) is 0.0825. The molecule has 4 aromatic rings. The molecule has 0 aliphatic rings. The van der Waals surface area contributed by atoms with Gasteiger partial charge in [-0.15, -0.1) is 0 Å². The van der Waals surface area contributed by atoms with Gasteiger partial charge in [-0.2, -0.15) is 0 Å². The first-order valence-electron chi connectivity index (χ1n) is 13.0. The number of ether oxygens (including phenoxy) is 3. The van der Waals surface area contributed by atoms with Gasteiger partial charge in [0, 0.05) is 23.0 Å². The van der Waals surface area contributed by atoms with Crippen molar-refractivity contribution in [1.29, 1.82) is 0 Å². The third kappa shape index (κ3) is 6.09. The maximum Gasteiger partial charge on any atom is 0.355 e. The Morgan fingerprint density at radius 2 is 1.31 bits per heavy atom. The number of hydrogen-bond donors (Lipinski definition) is 0. The lowest BCUT2D eigenvalue weighted by Gasteiger charge is -2.12. The van der Waals surface area contributed by atoms with Gasteiger partial charge in [0.1, 0.15) is 11.3 Å². The van der Waals surface area contributed by atoms with Crippen LogP contribution >= 0.6 is 0 Å². The zero-order valence-electron chi connectivity index (χ0n) is 22.3. The summed E-state index contributed by atoms with van der Waals surface area (Å²) in [5, 5.41) is 0.915. The number of fused-ring (bicyclic) bond motifs is 1. The highest BCUT2D eigenvalue weighted by molar-refractivity contribution is 6.17. The summed E-state index contributed by atoms with van der Waals surface area (Å²) in [4.78, 5) is 38.1. The minimum absolute atomic E-state index is 0.137. The van der Waals surface area contributed by atoms with Crippen LogP contribution in [0.4, 0.5) is 0 Å². The monoisotopic (exact) mass is 525 g/mol. The Morgan fingerprint density at radius 1 is 0.718 bits per heavy atom. The van der Waals surface area contributed by atoms with Crippen molar-refractivity contribution in [2.24, 2.45) is 0 Å². The summed E-state index contributed by atoms with van der Waals surface area (Å²) in [6.07, 6.45) is 1.45. The minimum Gasteiger partial charge on any atom is -0.462 e. The van der Waals surface area contributed by atoms with Crippen LogP contribution in [0.2, 0.25) is 0 Å². The first-order chi connectivity index (χ1) is 19.0. The normalized spacial score (nSPS) is 10.6. The van der Waals surface area contributed by atoms with Crippen molar-refractivity contribution in [3.8, 4) is 11.1 Å². The highest BCUT2D eigenvalue weighted by Gasteiger charge is 2.25. The molecule has 0 saturated carbocycles. The Bertz CT molecular complexity index is 1480. The van der Waals surface area contributed by atoms with Gasteiger partial charge in [-0.05, 0) is 49.6 Å². The molecule has 7 heteroatoms. The molecule has 0 fully saturated rings. The fourth-order valence-electron chi connectivity index (χ4n) is 4.47. The van der Waals surface area contributed by atoms with Crippen molar-refractivity contribution < 1.29 is 28.6 Å². The van der Waals surface area contributed by atoms with E-state index in [-0.39, 0.29) is 25.4 Å². The van der Waals surface area contributed by atoms with Crippen LogP contribution in [0, 0.1) is 0 Å². The molecule has 0 radical (unpaired) electrons. The number of para-hydroxylation sites is 1. The first kappa shape index (κ1) is 27.4. The van der Waals surface area contributed by atoms with Gasteiger partial charge in [0.25, 0.3) is 0 Å². The van der Waals surface area contributed by atoms with Crippen molar-refractivity contribution in [2.45, 2.75) is 27.3 Å². The van der Waals surface area contributed by atoms with Crippen LogP contribution < -0.4 is 0 Å². The average molecular weight is 526 g/mol. The van der Waals surface area contributed by atoms with E-state index in [0.717, 1.165) is 27.6 Å². The lowest BCUT2D eigenvalue weighted by atomic mass is 9.99. The molecule has 1 heterocycles. The summed E-state index contributed by atoms with van der Waals surface area (Å²) in [5.74, 6) is -1.89. The molecule has 0 aliphatic carbocycles. The standard InChI is InChI=1S/C32H31NO6/c1-4-37-30(34)26(31(35)38-5-2)20-22-16-18-24(19-17-22)28-25-14-10-11-15-27(25)33(29(28)32(36)39-6-3)21-23-12-8-7-9-13-23/h7-20H,4-6,21H2,1-3H3. The van der Waals surface area contributed by atoms with Gasteiger partial charge < -0.3 is 18.8 Å². The third-order valence-electron chi connectivity index (χ3n) is 6.12. The number of carbonyl (C=O) groups excluding carboxylic acids is 3. The molecule has 0 spiro atoms. The Kier molecular flexibility index (Phi) is 8.94. The molecular weight excluding hydrogens is 494 g/mol. The summed E-state index contributed by atoms with van der Waals surface area (Å²) in [6.45, 7) is 6.15. The van der Waals surface area contributed by atoms with Crippen LogP contribution in [-0.4, -0.2) is 42.3 Å². The molecule has 0 saturated heterocycles. The van der Waals surface area contributed by atoms with E-state index in [0.29, 0.717) is 17.8 Å². The van der Waals surface area contributed by atoms with E-state index in [1.54, 1.807) is 32.9 Å². The number of esters is 3.